The van der Waals surface area contributed by atoms with Gasteiger partial charge in [-0.2, -0.15) is 5.26 Å². The Labute approximate surface area is 109 Å². The van der Waals surface area contributed by atoms with Crippen LogP contribution in [0, 0.1) is 18.3 Å². The van der Waals surface area contributed by atoms with E-state index in [0.29, 0.717) is 6.10 Å². The quantitative estimate of drug-likeness (QED) is 0.820. The second kappa shape index (κ2) is 5.88. The van der Waals surface area contributed by atoms with Crippen molar-refractivity contribution in [2.75, 3.05) is 25.1 Å². The van der Waals surface area contributed by atoms with Gasteiger partial charge in [0.1, 0.15) is 6.07 Å². The molecular weight excluding hydrogens is 224 g/mol. The Morgan fingerprint density at radius 3 is 2.94 bits per heavy atom. The third-order valence-electron chi connectivity index (χ3n) is 3.44. The van der Waals surface area contributed by atoms with Gasteiger partial charge < -0.3 is 9.64 Å². The first-order valence-corrected chi connectivity index (χ1v) is 6.54. The average molecular weight is 244 g/mol. The van der Waals surface area contributed by atoms with E-state index >= 15 is 0 Å². The van der Waals surface area contributed by atoms with Crippen molar-refractivity contribution in [2.45, 2.75) is 32.3 Å². The number of hydrogen-bond donors (Lipinski definition) is 0. The fourth-order valence-corrected chi connectivity index (χ4v) is 2.41. The number of likely N-dealkylation sites (N-methyl/N-ethyl adjacent to an activating group) is 1. The lowest BCUT2D eigenvalue weighted by Gasteiger charge is -2.29. The zero-order valence-electron chi connectivity index (χ0n) is 11.1. The molecule has 2 rings (SSSR count). The molecule has 1 aromatic carbocycles. The van der Waals surface area contributed by atoms with Crippen LogP contribution >= 0.6 is 0 Å². The van der Waals surface area contributed by atoms with Crippen molar-refractivity contribution in [3.8, 4) is 6.07 Å². The summed E-state index contributed by atoms with van der Waals surface area (Å²) in [6.07, 6.45) is 3.85. The van der Waals surface area contributed by atoms with E-state index in [9.17, 15) is 0 Å². The molecule has 0 aliphatic carbocycles. The van der Waals surface area contributed by atoms with E-state index in [1.54, 1.807) is 0 Å². The van der Waals surface area contributed by atoms with Crippen molar-refractivity contribution >= 4 is 5.69 Å². The first-order valence-electron chi connectivity index (χ1n) is 6.54. The molecule has 0 N–H and O–H groups in total. The highest BCUT2D eigenvalue weighted by Crippen LogP contribution is 2.22. The number of rotatable bonds is 3. The fourth-order valence-electron chi connectivity index (χ4n) is 2.41. The van der Waals surface area contributed by atoms with Gasteiger partial charge in [0.2, 0.25) is 0 Å². The minimum Gasteiger partial charge on any atom is -0.376 e. The lowest BCUT2D eigenvalue weighted by atomic mass is 10.1. The number of nitrogens with zero attached hydrogens (tertiary/aromatic N) is 2. The number of ether oxygens (including phenoxy) is 1. The number of nitriles is 1. The highest BCUT2D eigenvalue weighted by molar-refractivity contribution is 5.60. The predicted molar refractivity (Wildman–Crippen MR) is 72.8 cm³/mol. The molecule has 1 saturated heterocycles. The summed E-state index contributed by atoms with van der Waals surface area (Å²) in [5, 5.41) is 9.16. The minimum absolute atomic E-state index is 0.302. The van der Waals surface area contributed by atoms with E-state index in [0.717, 1.165) is 30.8 Å². The highest BCUT2D eigenvalue weighted by Gasteiger charge is 2.17. The molecule has 1 fully saturated rings. The first kappa shape index (κ1) is 12.9. The van der Waals surface area contributed by atoms with Crippen LogP contribution in [0.2, 0.25) is 0 Å². The Balaban J connectivity index is 2.10. The Morgan fingerprint density at radius 2 is 2.28 bits per heavy atom. The van der Waals surface area contributed by atoms with Crippen molar-refractivity contribution < 1.29 is 4.74 Å². The maximum Gasteiger partial charge on any atom is 0.101 e. The van der Waals surface area contributed by atoms with Gasteiger partial charge in [0.15, 0.2) is 0 Å². The van der Waals surface area contributed by atoms with Crippen molar-refractivity contribution in [3.05, 3.63) is 29.3 Å². The monoisotopic (exact) mass is 244 g/mol. The number of hydrogen-bond acceptors (Lipinski definition) is 3. The Hall–Kier alpha value is -1.53. The third kappa shape index (κ3) is 3.02. The van der Waals surface area contributed by atoms with Gasteiger partial charge in [0.05, 0.1) is 17.4 Å². The second-order valence-corrected chi connectivity index (χ2v) is 5.00. The van der Waals surface area contributed by atoms with Gasteiger partial charge in [-0.1, -0.05) is 6.07 Å². The van der Waals surface area contributed by atoms with Gasteiger partial charge in [-0.05, 0) is 43.9 Å². The van der Waals surface area contributed by atoms with E-state index in [1.807, 2.05) is 19.2 Å². The lowest BCUT2D eigenvalue weighted by Crippen LogP contribution is -2.33. The first-order chi connectivity index (χ1) is 8.70. The Morgan fingerprint density at radius 1 is 1.44 bits per heavy atom. The Bertz CT molecular complexity index is 444. The van der Waals surface area contributed by atoms with Crippen LogP contribution in [-0.2, 0) is 4.74 Å². The van der Waals surface area contributed by atoms with Gasteiger partial charge in [-0.3, -0.25) is 0 Å². The van der Waals surface area contributed by atoms with Gasteiger partial charge >= 0.3 is 0 Å². The standard InChI is InChI=1S/C15H20N2O/c1-12-6-7-13(10-16)15(9-12)17(2)11-14-5-3-4-8-18-14/h6-7,9,14H,3-5,8,11H2,1-2H3. The van der Waals surface area contributed by atoms with Crippen molar-refractivity contribution in [2.24, 2.45) is 0 Å². The van der Waals surface area contributed by atoms with Crippen LogP contribution < -0.4 is 4.90 Å². The van der Waals surface area contributed by atoms with E-state index in [4.69, 9.17) is 10.00 Å². The molecule has 1 aromatic rings. The van der Waals surface area contributed by atoms with E-state index in [-0.39, 0.29) is 0 Å². The normalized spacial score (nSPS) is 19.3. The van der Waals surface area contributed by atoms with Crippen LogP contribution in [-0.4, -0.2) is 26.3 Å². The lowest BCUT2D eigenvalue weighted by molar-refractivity contribution is 0.0216. The maximum atomic E-state index is 9.16. The molecule has 18 heavy (non-hydrogen) atoms. The minimum atomic E-state index is 0.302. The van der Waals surface area contributed by atoms with E-state index < -0.39 is 0 Å². The molecule has 0 amide bonds. The van der Waals surface area contributed by atoms with Crippen molar-refractivity contribution in [1.82, 2.24) is 0 Å². The smallest absolute Gasteiger partial charge is 0.101 e. The second-order valence-electron chi connectivity index (χ2n) is 5.00. The molecule has 3 heteroatoms. The van der Waals surface area contributed by atoms with Crippen LogP contribution in [0.1, 0.15) is 30.4 Å². The zero-order valence-corrected chi connectivity index (χ0v) is 11.1. The average Bonchev–Trinajstić information content (AvgIpc) is 2.40. The van der Waals surface area contributed by atoms with Crippen LogP contribution in [0.5, 0.6) is 0 Å². The molecular formula is C15H20N2O. The summed E-state index contributed by atoms with van der Waals surface area (Å²) < 4.78 is 5.75. The van der Waals surface area contributed by atoms with Gasteiger partial charge in [0, 0.05) is 20.2 Å². The van der Waals surface area contributed by atoms with Crippen LogP contribution in [0.25, 0.3) is 0 Å². The van der Waals surface area contributed by atoms with Crippen LogP contribution in [0.4, 0.5) is 5.69 Å². The maximum absolute atomic E-state index is 9.16. The molecule has 0 spiro atoms. The topological polar surface area (TPSA) is 36.3 Å². The molecule has 0 saturated carbocycles. The van der Waals surface area contributed by atoms with E-state index in [1.165, 1.54) is 18.4 Å². The molecule has 0 bridgehead atoms. The van der Waals surface area contributed by atoms with Gasteiger partial charge in [0.25, 0.3) is 0 Å². The molecule has 1 atom stereocenters. The number of aryl methyl sites for hydroxylation is 1. The summed E-state index contributed by atoms with van der Waals surface area (Å²) in [7, 11) is 2.04. The zero-order chi connectivity index (χ0) is 13.0. The van der Waals surface area contributed by atoms with Gasteiger partial charge in [-0.15, -0.1) is 0 Å². The third-order valence-corrected chi connectivity index (χ3v) is 3.44. The summed E-state index contributed by atoms with van der Waals surface area (Å²) in [6, 6.07) is 8.20. The molecule has 1 heterocycles. The fraction of sp³-hybridized carbons (Fsp3) is 0.533. The molecule has 0 aromatic heterocycles. The van der Waals surface area contributed by atoms with Gasteiger partial charge in [-0.25, -0.2) is 0 Å². The Kier molecular flexibility index (Phi) is 4.22. The summed E-state index contributed by atoms with van der Waals surface area (Å²) in [5.74, 6) is 0. The van der Waals surface area contributed by atoms with E-state index in [2.05, 4.69) is 24.0 Å². The largest absolute Gasteiger partial charge is 0.376 e. The van der Waals surface area contributed by atoms with Crippen molar-refractivity contribution in [3.63, 3.8) is 0 Å². The molecule has 1 aliphatic heterocycles. The SMILES string of the molecule is Cc1ccc(C#N)c(N(C)CC2CCCCO2)c1. The van der Waals surface area contributed by atoms with Crippen molar-refractivity contribution in [1.29, 1.82) is 5.26 Å². The molecule has 3 nitrogen and oxygen atoms in total. The van der Waals surface area contributed by atoms with Crippen LogP contribution in [0.3, 0.4) is 0 Å². The highest BCUT2D eigenvalue weighted by atomic mass is 16.5. The summed E-state index contributed by atoms with van der Waals surface area (Å²) >= 11 is 0. The summed E-state index contributed by atoms with van der Waals surface area (Å²) in [4.78, 5) is 2.14. The molecule has 96 valence electrons. The van der Waals surface area contributed by atoms with Crippen LogP contribution in [0.15, 0.2) is 18.2 Å². The predicted octanol–water partition coefficient (Wildman–Crippen LogP) is 2.87. The number of anilines is 1. The summed E-state index contributed by atoms with van der Waals surface area (Å²) in [6.45, 7) is 3.78. The number of benzene rings is 1. The molecule has 0 radical (unpaired) electrons. The summed E-state index contributed by atoms with van der Waals surface area (Å²) in [5.41, 5.74) is 2.92. The molecule has 1 aliphatic rings. The molecule has 1 unspecified atom stereocenters.